The zero-order valence-electron chi connectivity index (χ0n) is 6.17. The molecule has 0 N–H and O–H groups in total. The lowest BCUT2D eigenvalue weighted by atomic mass is 10.2. The van der Waals surface area contributed by atoms with Crippen molar-refractivity contribution in [3.8, 4) is 0 Å². The molecule has 10 heavy (non-hydrogen) atoms. The Morgan fingerprint density at radius 2 is 2.50 bits per heavy atom. The lowest BCUT2D eigenvalue weighted by molar-refractivity contribution is -0.125. The quantitative estimate of drug-likeness (QED) is 0.474. The molecule has 0 aromatic heterocycles. The molecule has 2 nitrogen and oxygen atoms in total. The molecule has 0 saturated carbocycles. The fourth-order valence-electron chi connectivity index (χ4n) is 1.52. The number of hydrogen-bond acceptors (Lipinski definition) is 2. The van der Waals surface area contributed by atoms with Gasteiger partial charge in [-0.05, 0) is 19.4 Å². The van der Waals surface area contributed by atoms with Crippen LogP contribution in [0.4, 0.5) is 0 Å². The second-order valence-corrected chi connectivity index (χ2v) is 2.99. The Morgan fingerprint density at radius 3 is 3.00 bits per heavy atom. The van der Waals surface area contributed by atoms with Gasteiger partial charge in [-0.3, -0.25) is 0 Å². The van der Waals surface area contributed by atoms with Gasteiger partial charge in [0.2, 0.25) is 0 Å². The van der Waals surface area contributed by atoms with Crippen LogP contribution >= 0.6 is 0 Å². The number of ether oxygens (including phenoxy) is 2. The molecule has 1 spiro atoms. The summed E-state index contributed by atoms with van der Waals surface area (Å²) in [5, 5.41) is 0. The van der Waals surface area contributed by atoms with E-state index in [2.05, 4.69) is 6.08 Å². The maximum absolute atomic E-state index is 5.60. The summed E-state index contributed by atoms with van der Waals surface area (Å²) in [5.41, 5.74) is 0. The first-order valence-electron chi connectivity index (χ1n) is 3.80. The molecule has 1 heterocycles. The topological polar surface area (TPSA) is 18.5 Å². The molecule has 2 rings (SSSR count). The first kappa shape index (κ1) is 6.38. The third kappa shape index (κ3) is 0.879. The lowest BCUT2D eigenvalue weighted by Gasteiger charge is -2.19. The van der Waals surface area contributed by atoms with Crippen molar-refractivity contribution in [1.82, 2.24) is 0 Å². The molecule has 1 saturated heterocycles. The van der Waals surface area contributed by atoms with Gasteiger partial charge in [-0.25, -0.2) is 0 Å². The molecule has 1 fully saturated rings. The second-order valence-electron chi connectivity index (χ2n) is 2.99. The summed E-state index contributed by atoms with van der Waals surface area (Å²) < 4.78 is 11.1. The highest BCUT2D eigenvalue weighted by molar-refractivity contribution is 5.05. The minimum Gasteiger partial charge on any atom is -0.344 e. The van der Waals surface area contributed by atoms with Gasteiger partial charge in [0, 0.05) is 6.42 Å². The van der Waals surface area contributed by atoms with Crippen molar-refractivity contribution in [3.63, 3.8) is 0 Å². The molecule has 0 aromatic carbocycles. The van der Waals surface area contributed by atoms with E-state index < -0.39 is 0 Å². The SMILES string of the molecule is CC1COC2(C=CCC2)O1. The second kappa shape index (κ2) is 2.07. The van der Waals surface area contributed by atoms with Gasteiger partial charge >= 0.3 is 0 Å². The summed E-state index contributed by atoms with van der Waals surface area (Å²) in [6, 6.07) is 0. The maximum Gasteiger partial charge on any atom is 0.188 e. The zero-order chi connectivity index (χ0) is 7.03. The lowest BCUT2D eigenvalue weighted by Crippen LogP contribution is -2.24. The van der Waals surface area contributed by atoms with Gasteiger partial charge in [0.05, 0.1) is 12.7 Å². The summed E-state index contributed by atoms with van der Waals surface area (Å²) in [6.07, 6.45) is 6.52. The van der Waals surface area contributed by atoms with Crippen molar-refractivity contribution >= 4 is 0 Å². The molecule has 0 radical (unpaired) electrons. The van der Waals surface area contributed by atoms with E-state index in [0.29, 0.717) is 0 Å². The Hall–Kier alpha value is -0.340. The van der Waals surface area contributed by atoms with Crippen molar-refractivity contribution in [3.05, 3.63) is 12.2 Å². The van der Waals surface area contributed by atoms with Gasteiger partial charge in [-0.15, -0.1) is 0 Å². The van der Waals surface area contributed by atoms with Crippen LogP contribution in [0.15, 0.2) is 12.2 Å². The third-order valence-electron chi connectivity index (χ3n) is 1.99. The van der Waals surface area contributed by atoms with Gasteiger partial charge < -0.3 is 9.47 Å². The Labute approximate surface area is 60.8 Å². The first-order valence-corrected chi connectivity index (χ1v) is 3.80. The third-order valence-corrected chi connectivity index (χ3v) is 1.99. The van der Waals surface area contributed by atoms with Crippen LogP contribution in [0.1, 0.15) is 19.8 Å². The van der Waals surface area contributed by atoms with E-state index in [-0.39, 0.29) is 11.9 Å². The van der Waals surface area contributed by atoms with Gasteiger partial charge in [0.25, 0.3) is 0 Å². The van der Waals surface area contributed by atoms with Crippen LogP contribution in [0, 0.1) is 0 Å². The van der Waals surface area contributed by atoms with E-state index in [0.717, 1.165) is 19.4 Å². The molecule has 1 aliphatic carbocycles. The van der Waals surface area contributed by atoms with E-state index in [9.17, 15) is 0 Å². The van der Waals surface area contributed by atoms with Gasteiger partial charge in [-0.2, -0.15) is 0 Å². The van der Waals surface area contributed by atoms with E-state index >= 15 is 0 Å². The highest BCUT2D eigenvalue weighted by Crippen LogP contribution is 2.33. The van der Waals surface area contributed by atoms with E-state index in [1.54, 1.807) is 0 Å². The molecule has 56 valence electrons. The van der Waals surface area contributed by atoms with E-state index in [1.807, 2.05) is 13.0 Å². The average Bonchev–Trinajstić information content (AvgIpc) is 2.46. The summed E-state index contributed by atoms with van der Waals surface area (Å²) in [6.45, 7) is 2.78. The molecule has 0 amide bonds. The Balaban J connectivity index is 2.10. The van der Waals surface area contributed by atoms with Crippen LogP contribution < -0.4 is 0 Å². The van der Waals surface area contributed by atoms with Crippen LogP contribution in [-0.4, -0.2) is 18.5 Å². The largest absolute Gasteiger partial charge is 0.344 e. The van der Waals surface area contributed by atoms with Crippen LogP contribution in [0.2, 0.25) is 0 Å². The highest BCUT2D eigenvalue weighted by Gasteiger charge is 2.38. The maximum atomic E-state index is 5.60. The van der Waals surface area contributed by atoms with Crippen LogP contribution in [-0.2, 0) is 9.47 Å². The molecule has 2 atom stereocenters. The van der Waals surface area contributed by atoms with Crippen molar-refractivity contribution in [2.24, 2.45) is 0 Å². The standard InChI is InChI=1S/C8H12O2/c1-7-6-9-8(10-7)4-2-3-5-8/h2,4,7H,3,5-6H2,1H3. The summed E-state index contributed by atoms with van der Waals surface area (Å²) in [4.78, 5) is 0. The predicted molar refractivity (Wildman–Crippen MR) is 37.6 cm³/mol. The monoisotopic (exact) mass is 140 g/mol. The fourth-order valence-corrected chi connectivity index (χ4v) is 1.52. The predicted octanol–water partition coefficient (Wildman–Crippen LogP) is 1.47. The minimum atomic E-state index is -0.320. The Morgan fingerprint density at radius 1 is 1.60 bits per heavy atom. The summed E-state index contributed by atoms with van der Waals surface area (Å²) in [7, 11) is 0. The molecular weight excluding hydrogens is 128 g/mol. The van der Waals surface area contributed by atoms with E-state index in [1.165, 1.54) is 0 Å². The van der Waals surface area contributed by atoms with Gasteiger partial charge in [-0.1, -0.05) is 6.08 Å². The number of allylic oxidation sites excluding steroid dienone is 1. The highest BCUT2D eigenvalue weighted by atomic mass is 16.7. The zero-order valence-corrected chi connectivity index (χ0v) is 6.17. The molecule has 1 aliphatic heterocycles. The molecule has 2 unspecified atom stereocenters. The number of rotatable bonds is 0. The van der Waals surface area contributed by atoms with Crippen LogP contribution in [0.25, 0.3) is 0 Å². The Bertz CT molecular complexity index is 165. The minimum absolute atomic E-state index is 0.266. The Kier molecular flexibility index (Phi) is 1.32. The van der Waals surface area contributed by atoms with Crippen LogP contribution in [0.3, 0.4) is 0 Å². The smallest absolute Gasteiger partial charge is 0.188 e. The number of hydrogen-bond donors (Lipinski definition) is 0. The van der Waals surface area contributed by atoms with Gasteiger partial charge in [0.1, 0.15) is 0 Å². The van der Waals surface area contributed by atoms with Crippen molar-refractivity contribution in [2.75, 3.05) is 6.61 Å². The fraction of sp³-hybridized carbons (Fsp3) is 0.750. The molecule has 0 bridgehead atoms. The summed E-state index contributed by atoms with van der Waals surface area (Å²) >= 11 is 0. The van der Waals surface area contributed by atoms with Crippen molar-refractivity contribution in [1.29, 1.82) is 0 Å². The van der Waals surface area contributed by atoms with Gasteiger partial charge in [0.15, 0.2) is 5.79 Å². The molecule has 2 aliphatic rings. The average molecular weight is 140 g/mol. The molecule has 0 aromatic rings. The molecule has 2 heteroatoms. The van der Waals surface area contributed by atoms with Crippen LogP contribution in [0.5, 0.6) is 0 Å². The van der Waals surface area contributed by atoms with Crippen molar-refractivity contribution < 1.29 is 9.47 Å². The molecular formula is C8H12O2. The first-order chi connectivity index (χ1) is 4.81. The van der Waals surface area contributed by atoms with Crippen molar-refractivity contribution in [2.45, 2.75) is 31.7 Å². The summed E-state index contributed by atoms with van der Waals surface area (Å²) in [5.74, 6) is -0.320. The van der Waals surface area contributed by atoms with E-state index in [4.69, 9.17) is 9.47 Å². The normalized spacial score (nSPS) is 45.5.